The lowest BCUT2D eigenvalue weighted by Gasteiger charge is -2.37. The Morgan fingerprint density at radius 3 is 2.42 bits per heavy atom. The van der Waals surface area contributed by atoms with Crippen LogP contribution in [0.2, 0.25) is 0 Å². The van der Waals surface area contributed by atoms with Gasteiger partial charge in [-0.05, 0) is 39.8 Å². The van der Waals surface area contributed by atoms with Gasteiger partial charge in [-0.25, -0.2) is 4.79 Å². The summed E-state index contributed by atoms with van der Waals surface area (Å²) in [7, 11) is 0.300. The third kappa shape index (κ3) is 4.29. The monoisotopic (exact) mass is 335 g/mol. The molecule has 0 spiro atoms. The molecule has 24 heavy (non-hydrogen) atoms. The minimum absolute atomic E-state index is 0.280. The van der Waals surface area contributed by atoms with E-state index in [1.54, 1.807) is 26.0 Å². The van der Waals surface area contributed by atoms with Crippen LogP contribution in [0.3, 0.4) is 0 Å². The zero-order valence-electron chi connectivity index (χ0n) is 14.8. The molecule has 1 fully saturated rings. The summed E-state index contributed by atoms with van der Waals surface area (Å²) in [6.07, 6.45) is 0. The van der Waals surface area contributed by atoms with Crippen LogP contribution in [0.1, 0.15) is 38.1 Å². The van der Waals surface area contributed by atoms with Gasteiger partial charge < -0.3 is 24.5 Å². The Morgan fingerprint density at radius 1 is 1.25 bits per heavy atom. The molecular formula is C17H26BNO5. The van der Waals surface area contributed by atoms with Gasteiger partial charge in [0.05, 0.1) is 35.7 Å². The van der Waals surface area contributed by atoms with Crippen molar-refractivity contribution < 1.29 is 24.4 Å². The third-order valence-corrected chi connectivity index (χ3v) is 4.72. The SMILES string of the molecule is CC(C)(O)C(C)(C)OBc1ccc(C(=O)O)c(N2CCOCC2)c1. The molecule has 132 valence electrons. The molecule has 7 heteroatoms. The predicted molar refractivity (Wildman–Crippen MR) is 94.7 cm³/mol. The highest BCUT2D eigenvalue weighted by Crippen LogP contribution is 2.25. The predicted octanol–water partition coefficient (Wildman–Crippen LogP) is 0.764. The zero-order chi connectivity index (χ0) is 18.0. The highest BCUT2D eigenvalue weighted by molar-refractivity contribution is 6.47. The van der Waals surface area contributed by atoms with Crippen molar-refractivity contribution in [2.45, 2.75) is 38.9 Å². The minimum Gasteiger partial charge on any atom is -0.478 e. The first-order chi connectivity index (χ1) is 11.1. The number of carboxylic acid groups (broad SMARTS) is 1. The van der Waals surface area contributed by atoms with E-state index < -0.39 is 17.2 Å². The Bertz CT molecular complexity index is 591. The third-order valence-electron chi connectivity index (χ3n) is 4.72. The maximum absolute atomic E-state index is 11.5. The highest BCUT2D eigenvalue weighted by atomic mass is 16.5. The first-order valence-electron chi connectivity index (χ1n) is 8.17. The summed E-state index contributed by atoms with van der Waals surface area (Å²) in [6, 6.07) is 5.23. The number of benzene rings is 1. The molecule has 2 rings (SSSR count). The summed E-state index contributed by atoms with van der Waals surface area (Å²) in [5, 5.41) is 19.6. The second-order valence-corrected chi connectivity index (χ2v) is 7.11. The second kappa shape index (κ2) is 7.13. The molecule has 0 aliphatic carbocycles. The number of carboxylic acids is 1. The standard InChI is InChI=1S/C17H26BNO5/c1-16(2,22)17(3,4)24-18-12-5-6-13(15(20)21)14(11-12)19-7-9-23-10-8-19/h5-6,11,18,22H,7-10H2,1-4H3,(H,20,21). The summed E-state index contributed by atoms with van der Waals surface area (Å²) >= 11 is 0. The van der Waals surface area contributed by atoms with Gasteiger partial charge in [0.25, 0.3) is 0 Å². The van der Waals surface area contributed by atoms with Crippen molar-refractivity contribution in [2.24, 2.45) is 0 Å². The Labute approximate surface area is 143 Å². The van der Waals surface area contributed by atoms with E-state index in [4.69, 9.17) is 9.39 Å². The quantitative estimate of drug-likeness (QED) is 0.748. The van der Waals surface area contributed by atoms with Crippen molar-refractivity contribution in [2.75, 3.05) is 31.2 Å². The number of hydrogen-bond acceptors (Lipinski definition) is 5. The zero-order valence-corrected chi connectivity index (χ0v) is 14.8. The molecule has 0 unspecified atom stereocenters. The molecule has 0 atom stereocenters. The van der Waals surface area contributed by atoms with Crippen molar-refractivity contribution in [3.05, 3.63) is 23.8 Å². The average molecular weight is 335 g/mol. The number of nitrogens with zero attached hydrogens (tertiary/aromatic N) is 1. The van der Waals surface area contributed by atoms with Crippen molar-refractivity contribution >= 4 is 24.6 Å². The lowest BCUT2D eigenvalue weighted by Crippen LogP contribution is -2.49. The fourth-order valence-electron chi connectivity index (χ4n) is 2.35. The van der Waals surface area contributed by atoms with Gasteiger partial charge in [0.15, 0.2) is 0 Å². The summed E-state index contributed by atoms with van der Waals surface area (Å²) in [6.45, 7) is 9.60. The number of hydrogen-bond donors (Lipinski definition) is 2. The van der Waals surface area contributed by atoms with Crippen LogP contribution in [0.15, 0.2) is 18.2 Å². The van der Waals surface area contributed by atoms with Crippen molar-refractivity contribution in [1.82, 2.24) is 0 Å². The fraction of sp³-hybridized carbons (Fsp3) is 0.588. The smallest absolute Gasteiger partial charge is 0.337 e. The molecule has 6 nitrogen and oxygen atoms in total. The van der Waals surface area contributed by atoms with Crippen LogP contribution in [0.25, 0.3) is 0 Å². The van der Waals surface area contributed by atoms with Gasteiger partial charge >= 0.3 is 13.5 Å². The largest absolute Gasteiger partial charge is 0.478 e. The van der Waals surface area contributed by atoms with Gasteiger partial charge in [-0.2, -0.15) is 0 Å². The summed E-state index contributed by atoms with van der Waals surface area (Å²) in [4.78, 5) is 13.5. The second-order valence-electron chi connectivity index (χ2n) is 7.11. The minimum atomic E-state index is -0.985. The van der Waals surface area contributed by atoms with E-state index in [0.717, 1.165) is 5.46 Å². The van der Waals surface area contributed by atoms with Crippen LogP contribution in [0, 0.1) is 0 Å². The molecule has 0 saturated carbocycles. The van der Waals surface area contributed by atoms with E-state index in [-0.39, 0.29) is 5.56 Å². The maximum atomic E-state index is 11.5. The van der Waals surface area contributed by atoms with Crippen LogP contribution in [-0.4, -0.2) is 61.2 Å². The van der Waals surface area contributed by atoms with E-state index in [2.05, 4.69) is 0 Å². The maximum Gasteiger partial charge on any atom is 0.337 e. The van der Waals surface area contributed by atoms with Crippen LogP contribution in [0.4, 0.5) is 5.69 Å². The number of aliphatic hydroxyl groups is 1. The molecule has 1 heterocycles. The number of rotatable bonds is 6. The number of carbonyl (C=O) groups is 1. The Morgan fingerprint density at radius 2 is 1.88 bits per heavy atom. The van der Waals surface area contributed by atoms with Crippen molar-refractivity contribution in [3.63, 3.8) is 0 Å². The fourth-order valence-corrected chi connectivity index (χ4v) is 2.35. The van der Waals surface area contributed by atoms with E-state index in [1.165, 1.54) is 0 Å². The van der Waals surface area contributed by atoms with Gasteiger partial charge in [-0.1, -0.05) is 11.5 Å². The Hall–Kier alpha value is -1.57. The lowest BCUT2D eigenvalue weighted by molar-refractivity contribution is -0.0893. The Balaban J connectivity index is 2.21. The van der Waals surface area contributed by atoms with E-state index >= 15 is 0 Å². The van der Waals surface area contributed by atoms with Crippen LogP contribution in [0.5, 0.6) is 0 Å². The van der Waals surface area contributed by atoms with Gasteiger partial charge in [0.1, 0.15) is 0 Å². The Kier molecular flexibility index (Phi) is 5.57. The van der Waals surface area contributed by atoms with Crippen LogP contribution < -0.4 is 10.4 Å². The number of aromatic carboxylic acids is 1. The first-order valence-corrected chi connectivity index (χ1v) is 8.17. The lowest BCUT2D eigenvalue weighted by atomic mass is 9.82. The van der Waals surface area contributed by atoms with Crippen LogP contribution >= 0.6 is 0 Å². The number of anilines is 1. The normalized spacial score (nSPS) is 16.1. The average Bonchev–Trinajstić information content (AvgIpc) is 2.52. The molecule has 2 N–H and O–H groups in total. The molecule has 0 amide bonds. The number of morpholine rings is 1. The molecule has 0 radical (unpaired) electrons. The van der Waals surface area contributed by atoms with Crippen molar-refractivity contribution in [1.29, 1.82) is 0 Å². The van der Waals surface area contributed by atoms with E-state index in [9.17, 15) is 15.0 Å². The molecule has 1 aromatic rings. The topological polar surface area (TPSA) is 79.2 Å². The van der Waals surface area contributed by atoms with Crippen molar-refractivity contribution in [3.8, 4) is 0 Å². The summed E-state index contributed by atoms with van der Waals surface area (Å²) in [5.41, 5.74) is 0.132. The molecule has 1 aliphatic heterocycles. The van der Waals surface area contributed by atoms with Crippen LogP contribution in [-0.2, 0) is 9.39 Å². The molecule has 0 aromatic heterocycles. The van der Waals surface area contributed by atoms with Gasteiger partial charge in [-0.15, -0.1) is 0 Å². The molecule has 1 aromatic carbocycles. The molecular weight excluding hydrogens is 309 g/mol. The summed E-state index contributed by atoms with van der Waals surface area (Å²) < 4.78 is 11.2. The van der Waals surface area contributed by atoms with E-state index in [1.807, 2.05) is 24.8 Å². The first kappa shape index (κ1) is 18.8. The van der Waals surface area contributed by atoms with E-state index in [0.29, 0.717) is 39.5 Å². The molecule has 1 saturated heterocycles. The van der Waals surface area contributed by atoms with Gasteiger partial charge in [0, 0.05) is 13.1 Å². The van der Waals surface area contributed by atoms with Gasteiger partial charge in [0.2, 0.25) is 0 Å². The van der Waals surface area contributed by atoms with Gasteiger partial charge in [-0.3, -0.25) is 0 Å². The summed E-state index contributed by atoms with van der Waals surface area (Å²) in [5.74, 6) is -0.944. The molecule has 1 aliphatic rings. The highest BCUT2D eigenvalue weighted by Gasteiger charge is 2.35. The number of ether oxygens (including phenoxy) is 1. The molecule has 0 bridgehead atoms.